The van der Waals surface area contributed by atoms with Crippen molar-refractivity contribution in [2.75, 3.05) is 11.9 Å². The number of aromatic nitrogens is 2. The van der Waals surface area contributed by atoms with E-state index in [4.69, 9.17) is 4.74 Å². The first kappa shape index (κ1) is 22.0. The van der Waals surface area contributed by atoms with E-state index in [2.05, 4.69) is 10.4 Å². The molecule has 0 radical (unpaired) electrons. The van der Waals surface area contributed by atoms with Crippen LogP contribution in [-0.2, 0) is 0 Å². The van der Waals surface area contributed by atoms with Crippen molar-refractivity contribution >= 4 is 11.6 Å². The topological polar surface area (TPSA) is 93.5 Å². The number of anilines is 1. The lowest BCUT2D eigenvalue weighted by Gasteiger charge is -2.14. The molecule has 0 saturated carbocycles. The minimum Gasteiger partial charge on any atom is -0.482 e. The zero-order valence-corrected chi connectivity index (χ0v) is 16.3. The van der Waals surface area contributed by atoms with Crippen molar-refractivity contribution in [3.05, 3.63) is 82.3 Å². The fourth-order valence-corrected chi connectivity index (χ4v) is 2.71. The number of aliphatic hydroxyl groups excluding tert-OH is 1. The summed E-state index contributed by atoms with van der Waals surface area (Å²) in [4.78, 5) is 25.4. The van der Waals surface area contributed by atoms with E-state index >= 15 is 0 Å². The Morgan fingerprint density at radius 1 is 1.16 bits per heavy atom. The molecule has 0 spiro atoms. The van der Waals surface area contributed by atoms with E-state index in [0.717, 1.165) is 4.68 Å². The minimum atomic E-state index is -4.56. The normalized spacial score (nSPS) is 12.3. The van der Waals surface area contributed by atoms with Crippen molar-refractivity contribution in [2.45, 2.75) is 19.2 Å². The molecule has 0 saturated heterocycles. The first-order chi connectivity index (χ1) is 14.7. The number of amides is 1. The van der Waals surface area contributed by atoms with Crippen molar-refractivity contribution in [2.24, 2.45) is 0 Å². The molecular formula is C21H18F3N3O4. The molecule has 0 fully saturated rings. The molecule has 0 aliphatic heterocycles. The lowest BCUT2D eigenvalue weighted by molar-refractivity contribution is -0.153. The molecule has 1 atom stereocenters. The lowest BCUT2D eigenvalue weighted by Crippen LogP contribution is -2.30. The Morgan fingerprint density at radius 3 is 2.48 bits per heavy atom. The van der Waals surface area contributed by atoms with Crippen LogP contribution in [0.1, 0.15) is 28.9 Å². The van der Waals surface area contributed by atoms with E-state index in [1.165, 1.54) is 36.5 Å². The van der Waals surface area contributed by atoms with Gasteiger partial charge >= 0.3 is 6.18 Å². The predicted octanol–water partition coefficient (Wildman–Crippen LogP) is 3.48. The van der Waals surface area contributed by atoms with Gasteiger partial charge in [-0.1, -0.05) is 24.3 Å². The maximum Gasteiger partial charge on any atom is 0.422 e. The van der Waals surface area contributed by atoms with Gasteiger partial charge in [-0.25, -0.2) is 0 Å². The monoisotopic (exact) mass is 433 g/mol. The van der Waals surface area contributed by atoms with Crippen molar-refractivity contribution in [1.29, 1.82) is 0 Å². The number of benzene rings is 2. The minimum absolute atomic E-state index is 0.0345. The number of rotatable bonds is 6. The molecule has 10 heteroatoms. The molecule has 3 aromatic rings. The van der Waals surface area contributed by atoms with Crippen LogP contribution in [0.25, 0.3) is 5.69 Å². The predicted molar refractivity (Wildman–Crippen MR) is 106 cm³/mol. The Labute approximate surface area is 174 Å². The second-order valence-electron chi connectivity index (χ2n) is 6.59. The van der Waals surface area contributed by atoms with Crippen LogP contribution in [0, 0.1) is 0 Å². The molecule has 1 amide bonds. The molecule has 0 bridgehead atoms. The van der Waals surface area contributed by atoms with Gasteiger partial charge in [0.05, 0.1) is 6.10 Å². The number of ether oxygens (including phenoxy) is 1. The maximum absolute atomic E-state index is 12.8. The van der Waals surface area contributed by atoms with Crippen molar-refractivity contribution in [1.82, 2.24) is 9.78 Å². The number of aliphatic hydroxyl groups is 1. The summed E-state index contributed by atoms with van der Waals surface area (Å²) < 4.78 is 43.2. The van der Waals surface area contributed by atoms with Crippen LogP contribution < -0.4 is 15.6 Å². The quantitative estimate of drug-likeness (QED) is 0.621. The summed E-state index contributed by atoms with van der Waals surface area (Å²) in [5.74, 6) is -0.930. The van der Waals surface area contributed by atoms with E-state index in [1.54, 1.807) is 31.2 Å². The molecular weight excluding hydrogens is 415 g/mol. The Balaban J connectivity index is 1.88. The van der Waals surface area contributed by atoms with E-state index in [1.807, 2.05) is 0 Å². The number of nitrogens with one attached hydrogen (secondary N) is 1. The highest BCUT2D eigenvalue weighted by atomic mass is 19.4. The van der Waals surface area contributed by atoms with Crippen LogP contribution in [-0.4, -0.2) is 33.6 Å². The molecule has 0 unspecified atom stereocenters. The van der Waals surface area contributed by atoms with Gasteiger partial charge in [0.1, 0.15) is 17.0 Å². The zero-order valence-electron chi connectivity index (χ0n) is 16.3. The van der Waals surface area contributed by atoms with Gasteiger partial charge in [-0.2, -0.15) is 23.0 Å². The smallest absolute Gasteiger partial charge is 0.422 e. The third-order valence-corrected chi connectivity index (χ3v) is 4.23. The SMILES string of the molecule is C[C@@H](O)c1ccc(NC(=O)c2ccnn(-c3ccccc3OCC(F)(F)F)c2=O)cc1. The van der Waals surface area contributed by atoms with E-state index in [0.29, 0.717) is 11.3 Å². The Morgan fingerprint density at radius 2 is 1.84 bits per heavy atom. The maximum atomic E-state index is 12.8. The van der Waals surface area contributed by atoms with E-state index in [9.17, 15) is 27.9 Å². The van der Waals surface area contributed by atoms with Gasteiger partial charge in [0.2, 0.25) is 0 Å². The number of alkyl halides is 3. The highest BCUT2D eigenvalue weighted by molar-refractivity contribution is 6.04. The average molecular weight is 433 g/mol. The highest BCUT2D eigenvalue weighted by Crippen LogP contribution is 2.24. The van der Waals surface area contributed by atoms with Crippen LogP contribution in [0.5, 0.6) is 5.75 Å². The highest BCUT2D eigenvalue weighted by Gasteiger charge is 2.29. The fraction of sp³-hybridized carbons (Fsp3) is 0.190. The second kappa shape index (κ2) is 9.00. The van der Waals surface area contributed by atoms with Crippen molar-refractivity contribution in [3.8, 4) is 11.4 Å². The van der Waals surface area contributed by atoms with Gasteiger partial charge in [0, 0.05) is 11.9 Å². The van der Waals surface area contributed by atoms with Gasteiger partial charge in [0.15, 0.2) is 6.61 Å². The Kier molecular flexibility index (Phi) is 6.40. The van der Waals surface area contributed by atoms with Crippen molar-refractivity contribution < 1.29 is 27.8 Å². The zero-order chi connectivity index (χ0) is 22.6. The molecule has 7 nitrogen and oxygen atoms in total. The summed E-state index contributed by atoms with van der Waals surface area (Å²) in [6.45, 7) is 0.0602. The molecule has 2 aromatic carbocycles. The second-order valence-corrected chi connectivity index (χ2v) is 6.59. The first-order valence-electron chi connectivity index (χ1n) is 9.12. The summed E-state index contributed by atoms with van der Waals surface area (Å²) in [6, 6.07) is 13.2. The third-order valence-electron chi connectivity index (χ3n) is 4.23. The largest absolute Gasteiger partial charge is 0.482 e. The summed E-state index contributed by atoms with van der Waals surface area (Å²) >= 11 is 0. The fourth-order valence-electron chi connectivity index (χ4n) is 2.71. The molecule has 1 heterocycles. The van der Waals surface area contributed by atoms with Gasteiger partial charge in [0.25, 0.3) is 11.5 Å². The molecule has 162 valence electrons. The number of hydrogen-bond donors (Lipinski definition) is 2. The number of para-hydroxylation sites is 2. The van der Waals surface area contributed by atoms with Gasteiger partial charge in [-0.05, 0) is 42.8 Å². The summed E-state index contributed by atoms with van der Waals surface area (Å²) in [7, 11) is 0. The molecule has 0 aliphatic rings. The molecule has 3 rings (SSSR count). The van der Waals surface area contributed by atoms with E-state index < -0.39 is 30.4 Å². The molecule has 0 aliphatic carbocycles. The lowest BCUT2D eigenvalue weighted by atomic mass is 10.1. The third kappa shape index (κ3) is 5.48. The summed E-state index contributed by atoms with van der Waals surface area (Å²) in [5, 5.41) is 16.0. The van der Waals surface area contributed by atoms with Crippen LogP contribution in [0.15, 0.2) is 65.6 Å². The number of halogens is 3. The molecule has 2 N–H and O–H groups in total. The average Bonchev–Trinajstić information content (AvgIpc) is 2.72. The number of nitrogens with zero attached hydrogens (tertiary/aromatic N) is 2. The van der Waals surface area contributed by atoms with E-state index in [-0.39, 0.29) is 17.0 Å². The van der Waals surface area contributed by atoms with Gasteiger partial charge in [-0.3, -0.25) is 9.59 Å². The van der Waals surface area contributed by atoms with Crippen LogP contribution >= 0.6 is 0 Å². The number of carbonyl (C=O) groups is 1. The van der Waals surface area contributed by atoms with Crippen LogP contribution in [0.3, 0.4) is 0 Å². The van der Waals surface area contributed by atoms with Gasteiger partial charge in [-0.15, -0.1) is 0 Å². The standard InChI is InChI=1S/C21H18F3N3O4/c1-13(28)14-6-8-15(9-7-14)26-19(29)16-10-11-25-27(20(16)30)17-4-2-3-5-18(17)31-12-21(22,23)24/h2-11,13,28H,12H2,1H3,(H,26,29)/t13-/m1/s1. The van der Waals surface area contributed by atoms with Crippen LogP contribution in [0.4, 0.5) is 18.9 Å². The van der Waals surface area contributed by atoms with Gasteiger partial charge < -0.3 is 15.2 Å². The molecule has 31 heavy (non-hydrogen) atoms. The summed E-state index contributed by atoms with van der Waals surface area (Å²) in [6.07, 6.45) is -4.04. The molecule has 1 aromatic heterocycles. The first-order valence-corrected chi connectivity index (χ1v) is 9.12. The summed E-state index contributed by atoms with van der Waals surface area (Å²) in [5.41, 5.74) is -0.0811. The van der Waals surface area contributed by atoms with Crippen LogP contribution in [0.2, 0.25) is 0 Å². The Bertz CT molecular complexity index is 1130. The van der Waals surface area contributed by atoms with Crippen molar-refractivity contribution in [3.63, 3.8) is 0 Å². The number of hydrogen-bond acceptors (Lipinski definition) is 5. The Hall–Kier alpha value is -3.66. The number of carbonyl (C=O) groups excluding carboxylic acids is 1.